The summed E-state index contributed by atoms with van der Waals surface area (Å²) in [4.78, 5) is 20.2. The second kappa shape index (κ2) is 10.4. The third-order valence-corrected chi connectivity index (χ3v) is 9.46. The van der Waals surface area contributed by atoms with E-state index in [1.54, 1.807) is 28.6 Å². The van der Waals surface area contributed by atoms with Crippen molar-refractivity contribution in [2.45, 2.75) is 43.9 Å². The third kappa shape index (κ3) is 5.21. The van der Waals surface area contributed by atoms with Crippen LogP contribution in [0.3, 0.4) is 0 Å². The fraction of sp³-hybridized carbons (Fsp3) is 0.407. The number of halogens is 1. The predicted molar refractivity (Wildman–Crippen MR) is 144 cm³/mol. The van der Waals surface area contributed by atoms with Crippen LogP contribution >= 0.6 is 11.6 Å². The molecule has 7 nitrogen and oxygen atoms in total. The smallest absolute Gasteiger partial charge is 0.243 e. The van der Waals surface area contributed by atoms with E-state index in [4.69, 9.17) is 16.6 Å². The highest BCUT2D eigenvalue weighted by Gasteiger charge is 2.28. The number of pyridine rings is 1. The van der Waals surface area contributed by atoms with Gasteiger partial charge in [-0.1, -0.05) is 24.1 Å². The van der Waals surface area contributed by atoms with E-state index in [0.717, 1.165) is 60.9 Å². The van der Waals surface area contributed by atoms with Crippen LogP contribution in [0.1, 0.15) is 37.7 Å². The Bertz CT molecular complexity index is 1390. The molecular formula is C27H31ClN4O3S. The monoisotopic (exact) mass is 526 g/mol. The van der Waals surface area contributed by atoms with Crippen LogP contribution in [-0.4, -0.2) is 49.8 Å². The van der Waals surface area contributed by atoms with Gasteiger partial charge in [0.2, 0.25) is 15.9 Å². The lowest BCUT2D eigenvalue weighted by Gasteiger charge is -2.33. The van der Waals surface area contributed by atoms with Crippen LogP contribution in [0.2, 0.25) is 5.02 Å². The number of amides is 1. The molecule has 9 heteroatoms. The summed E-state index contributed by atoms with van der Waals surface area (Å²) in [6.45, 7) is 4.49. The van der Waals surface area contributed by atoms with Gasteiger partial charge in [-0.2, -0.15) is 4.31 Å². The first-order valence-electron chi connectivity index (χ1n) is 12.5. The summed E-state index contributed by atoms with van der Waals surface area (Å²) in [7, 11) is -3.49. The summed E-state index contributed by atoms with van der Waals surface area (Å²) in [5, 5.41) is 4.42. The predicted octanol–water partition coefficient (Wildman–Crippen LogP) is 5.23. The van der Waals surface area contributed by atoms with Crippen molar-refractivity contribution in [3.05, 3.63) is 59.1 Å². The standard InChI is InChI=1S/C27H31ClN4O3S/c1-19-7-9-22(17-24(19)28)29-27(33)21-6-5-13-31(18-21)26-12-8-20-16-23(10-11-25(20)30-26)36(34,35)32-14-3-2-4-15-32/h7-12,16-17,21H,2-6,13-15,18H2,1H3,(H,29,33)/t21-/m1/s1. The van der Waals surface area contributed by atoms with Crippen molar-refractivity contribution in [3.63, 3.8) is 0 Å². The van der Waals surface area contributed by atoms with Gasteiger partial charge >= 0.3 is 0 Å². The van der Waals surface area contributed by atoms with E-state index >= 15 is 0 Å². The van der Waals surface area contributed by atoms with E-state index in [2.05, 4.69) is 10.2 Å². The van der Waals surface area contributed by atoms with Gasteiger partial charge in [0, 0.05) is 42.3 Å². The number of carbonyl (C=O) groups is 1. The molecule has 36 heavy (non-hydrogen) atoms. The maximum Gasteiger partial charge on any atom is 0.243 e. The highest BCUT2D eigenvalue weighted by atomic mass is 35.5. The maximum absolute atomic E-state index is 13.1. The number of hydrogen-bond acceptors (Lipinski definition) is 5. The van der Waals surface area contributed by atoms with Gasteiger partial charge in [-0.15, -0.1) is 0 Å². The molecule has 190 valence electrons. The number of aromatic nitrogens is 1. The molecule has 0 unspecified atom stereocenters. The van der Waals surface area contributed by atoms with Gasteiger partial charge < -0.3 is 10.2 Å². The van der Waals surface area contributed by atoms with Gasteiger partial charge in [-0.25, -0.2) is 13.4 Å². The molecule has 3 aromatic rings. The Morgan fingerprint density at radius 1 is 1.00 bits per heavy atom. The molecule has 3 heterocycles. The van der Waals surface area contributed by atoms with E-state index in [1.807, 2.05) is 31.2 Å². The Hall–Kier alpha value is -2.68. The summed E-state index contributed by atoms with van der Waals surface area (Å²) in [6.07, 6.45) is 4.60. The Kier molecular flexibility index (Phi) is 7.19. The summed E-state index contributed by atoms with van der Waals surface area (Å²) >= 11 is 6.20. The van der Waals surface area contributed by atoms with Gasteiger partial charge in [0.25, 0.3) is 0 Å². The summed E-state index contributed by atoms with van der Waals surface area (Å²) < 4.78 is 27.7. The summed E-state index contributed by atoms with van der Waals surface area (Å²) in [6, 6.07) is 14.5. The number of anilines is 2. The Morgan fingerprint density at radius 2 is 1.81 bits per heavy atom. The van der Waals surface area contributed by atoms with Crippen LogP contribution in [-0.2, 0) is 14.8 Å². The molecule has 2 aliphatic rings. The fourth-order valence-electron chi connectivity index (χ4n) is 5.00. The molecule has 0 spiro atoms. The number of aryl methyl sites for hydroxylation is 1. The molecule has 2 aromatic carbocycles. The number of nitrogens with zero attached hydrogens (tertiary/aromatic N) is 3. The lowest BCUT2D eigenvalue weighted by molar-refractivity contribution is -0.120. The average Bonchev–Trinajstić information content (AvgIpc) is 2.90. The number of carbonyl (C=O) groups excluding carboxylic acids is 1. The van der Waals surface area contributed by atoms with Crippen molar-refractivity contribution in [2.24, 2.45) is 5.92 Å². The first-order chi connectivity index (χ1) is 17.3. The minimum atomic E-state index is -3.49. The molecule has 0 bridgehead atoms. The second-order valence-electron chi connectivity index (χ2n) is 9.73. The largest absolute Gasteiger partial charge is 0.356 e. The summed E-state index contributed by atoms with van der Waals surface area (Å²) in [5.41, 5.74) is 2.41. The van der Waals surface area contributed by atoms with Gasteiger partial charge in [-0.3, -0.25) is 4.79 Å². The molecule has 0 saturated carbocycles. The van der Waals surface area contributed by atoms with Crippen molar-refractivity contribution >= 4 is 49.9 Å². The Labute approximate surface area is 217 Å². The molecular weight excluding hydrogens is 496 g/mol. The van der Waals surface area contributed by atoms with E-state index in [-0.39, 0.29) is 11.8 Å². The number of hydrogen-bond donors (Lipinski definition) is 1. The van der Waals surface area contributed by atoms with E-state index < -0.39 is 10.0 Å². The lowest BCUT2D eigenvalue weighted by Crippen LogP contribution is -2.41. The van der Waals surface area contributed by atoms with Crippen LogP contribution in [0, 0.1) is 12.8 Å². The minimum absolute atomic E-state index is 0.0204. The van der Waals surface area contributed by atoms with Crippen LogP contribution in [0.4, 0.5) is 11.5 Å². The Balaban J connectivity index is 1.30. The molecule has 2 saturated heterocycles. The molecule has 2 aliphatic heterocycles. The molecule has 2 fully saturated rings. The fourth-order valence-corrected chi connectivity index (χ4v) is 6.73. The van der Waals surface area contributed by atoms with Crippen LogP contribution < -0.4 is 10.2 Å². The zero-order valence-corrected chi connectivity index (χ0v) is 22.0. The SMILES string of the molecule is Cc1ccc(NC(=O)[C@@H]2CCCN(c3ccc4cc(S(=O)(=O)N5CCCCC5)ccc4n3)C2)cc1Cl. The van der Waals surface area contributed by atoms with E-state index in [0.29, 0.717) is 35.2 Å². The maximum atomic E-state index is 13.1. The number of rotatable bonds is 5. The minimum Gasteiger partial charge on any atom is -0.356 e. The molecule has 1 aromatic heterocycles. The zero-order valence-electron chi connectivity index (χ0n) is 20.4. The Morgan fingerprint density at radius 3 is 2.58 bits per heavy atom. The number of piperidine rings is 2. The van der Waals surface area contributed by atoms with Crippen molar-refractivity contribution < 1.29 is 13.2 Å². The number of fused-ring (bicyclic) bond motifs is 1. The van der Waals surface area contributed by atoms with Gasteiger partial charge in [-0.05, 0) is 80.6 Å². The average molecular weight is 527 g/mol. The van der Waals surface area contributed by atoms with Gasteiger partial charge in [0.05, 0.1) is 16.3 Å². The van der Waals surface area contributed by atoms with Gasteiger partial charge in [0.15, 0.2) is 0 Å². The first-order valence-corrected chi connectivity index (χ1v) is 14.4. The zero-order chi connectivity index (χ0) is 25.3. The topological polar surface area (TPSA) is 82.6 Å². The van der Waals surface area contributed by atoms with Crippen LogP contribution in [0.15, 0.2) is 53.4 Å². The molecule has 1 atom stereocenters. The molecule has 1 N–H and O–H groups in total. The molecule has 1 amide bonds. The number of sulfonamides is 1. The van der Waals surface area contributed by atoms with Crippen molar-refractivity contribution in [2.75, 3.05) is 36.4 Å². The molecule has 5 rings (SSSR count). The molecule has 0 aliphatic carbocycles. The van der Waals surface area contributed by atoms with Crippen molar-refractivity contribution in [1.29, 1.82) is 0 Å². The van der Waals surface area contributed by atoms with Crippen LogP contribution in [0.25, 0.3) is 10.9 Å². The number of benzene rings is 2. The van der Waals surface area contributed by atoms with Crippen LogP contribution in [0.5, 0.6) is 0 Å². The second-order valence-corrected chi connectivity index (χ2v) is 12.1. The van der Waals surface area contributed by atoms with Crippen molar-refractivity contribution in [3.8, 4) is 0 Å². The summed E-state index contributed by atoms with van der Waals surface area (Å²) in [5.74, 6) is 0.617. The normalized spacial score (nSPS) is 19.4. The van der Waals surface area contributed by atoms with Gasteiger partial charge in [0.1, 0.15) is 5.82 Å². The number of nitrogens with one attached hydrogen (secondary N) is 1. The third-order valence-electron chi connectivity index (χ3n) is 7.15. The lowest BCUT2D eigenvalue weighted by atomic mass is 9.97. The van der Waals surface area contributed by atoms with Crippen molar-refractivity contribution in [1.82, 2.24) is 9.29 Å². The first kappa shape index (κ1) is 25.0. The quantitative estimate of drug-likeness (QED) is 0.492. The highest BCUT2D eigenvalue weighted by molar-refractivity contribution is 7.89. The van der Waals surface area contributed by atoms with E-state index in [1.165, 1.54) is 0 Å². The molecule has 0 radical (unpaired) electrons. The highest BCUT2D eigenvalue weighted by Crippen LogP contribution is 2.28. The van der Waals surface area contributed by atoms with E-state index in [9.17, 15) is 13.2 Å².